The van der Waals surface area contributed by atoms with Crippen LogP contribution in [0, 0.1) is 27.7 Å². The van der Waals surface area contributed by atoms with Crippen molar-refractivity contribution in [3.8, 4) is 16.9 Å². The van der Waals surface area contributed by atoms with Crippen LogP contribution in [0.2, 0.25) is 0 Å². The molecule has 0 saturated carbocycles. The summed E-state index contributed by atoms with van der Waals surface area (Å²) in [6, 6.07) is 14.6. The Balaban J connectivity index is 2.11. The van der Waals surface area contributed by atoms with Crippen molar-refractivity contribution in [2.75, 3.05) is 0 Å². The molecule has 0 aliphatic heterocycles. The third-order valence-corrected chi connectivity index (χ3v) is 4.45. The number of aromatic carboxylic acids is 1. The van der Waals surface area contributed by atoms with Crippen LogP contribution >= 0.6 is 0 Å². The molecule has 0 heterocycles. The minimum atomic E-state index is -1.21. The molecule has 0 aromatic heterocycles. The predicted octanol–water partition coefficient (Wildman–Crippen LogP) is 6.41. The summed E-state index contributed by atoms with van der Waals surface area (Å²) in [5.41, 5.74) is 7.39. The van der Waals surface area contributed by atoms with Crippen LogP contribution in [0.25, 0.3) is 11.1 Å². The maximum atomic E-state index is 11.2. The van der Waals surface area contributed by atoms with Crippen molar-refractivity contribution in [3.63, 3.8) is 0 Å². The lowest BCUT2D eigenvalue weighted by Crippen LogP contribution is -1.95. The average molecular weight is 374 g/mol. The van der Waals surface area contributed by atoms with Crippen molar-refractivity contribution >= 4 is 17.3 Å². The molecule has 0 fully saturated rings. The van der Waals surface area contributed by atoms with Gasteiger partial charge >= 0.3 is 5.97 Å². The highest BCUT2D eigenvalue weighted by Gasteiger charge is 2.12. The number of benzene rings is 3. The highest BCUT2D eigenvalue weighted by Crippen LogP contribution is 2.36. The van der Waals surface area contributed by atoms with Gasteiger partial charge in [0, 0.05) is 5.56 Å². The summed E-state index contributed by atoms with van der Waals surface area (Å²) in [7, 11) is 0. The SMILES string of the molecule is Cc1cc(C)cc(-c2cc(C)cc(C)c2N=Nc2ccc(O)c(C(=O)O)c2)c1. The van der Waals surface area contributed by atoms with E-state index in [1.165, 1.54) is 29.3 Å². The number of carboxylic acids is 1. The summed E-state index contributed by atoms with van der Waals surface area (Å²) in [6.45, 7) is 8.14. The first kappa shape index (κ1) is 19.3. The molecule has 0 radical (unpaired) electrons. The molecule has 3 aromatic carbocycles. The second-order valence-corrected chi connectivity index (χ2v) is 7.06. The van der Waals surface area contributed by atoms with Crippen LogP contribution in [-0.2, 0) is 0 Å². The van der Waals surface area contributed by atoms with Gasteiger partial charge in [0.25, 0.3) is 0 Å². The molecule has 3 aromatic rings. The molecule has 5 nitrogen and oxygen atoms in total. The number of azo groups is 1. The fourth-order valence-corrected chi connectivity index (χ4v) is 3.31. The van der Waals surface area contributed by atoms with Crippen molar-refractivity contribution in [1.29, 1.82) is 0 Å². The summed E-state index contributed by atoms with van der Waals surface area (Å²) >= 11 is 0. The Morgan fingerprint density at radius 1 is 0.821 bits per heavy atom. The molecule has 0 unspecified atom stereocenters. The van der Waals surface area contributed by atoms with E-state index < -0.39 is 5.97 Å². The van der Waals surface area contributed by atoms with Crippen LogP contribution in [0.5, 0.6) is 5.75 Å². The quantitative estimate of drug-likeness (QED) is 0.518. The van der Waals surface area contributed by atoms with Gasteiger partial charge in [-0.1, -0.05) is 41.0 Å². The lowest BCUT2D eigenvalue weighted by Gasteiger charge is -2.12. The van der Waals surface area contributed by atoms with Crippen molar-refractivity contribution < 1.29 is 15.0 Å². The number of phenols is 1. The van der Waals surface area contributed by atoms with E-state index in [4.69, 9.17) is 5.11 Å². The standard InChI is InChI=1S/C23H22N2O3/c1-13-7-14(2)10-17(9-13)19-11-15(3)8-16(4)22(19)25-24-18-5-6-21(26)20(12-18)23(27)28/h5-12,26H,1-4H3,(H,27,28). The Morgan fingerprint density at radius 2 is 1.46 bits per heavy atom. The first-order valence-corrected chi connectivity index (χ1v) is 8.92. The van der Waals surface area contributed by atoms with Gasteiger partial charge < -0.3 is 10.2 Å². The highest BCUT2D eigenvalue weighted by molar-refractivity contribution is 5.91. The first-order valence-electron chi connectivity index (χ1n) is 8.92. The molecule has 2 N–H and O–H groups in total. The van der Waals surface area contributed by atoms with Crippen LogP contribution in [0.1, 0.15) is 32.6 Å². The molecule has 0 aliphatic rings. The van der Waals surface area contributed by atoms with Crippen LogP contribution in [-0.4, -0.2) is 16.2 Å². The molecule has 0 aliphatic carbocycles. The Bertz CT molecular complexity index is 1080. The normalized spacial score (nSPS) is 11.1. The summed E-state index contributed by atoms with van der Waals surface area (Å²) < 4.78 is 0. The molecule has 28 heavy (non-hydrogen) atoms. The van der Waals surface area contributed by atoms with Gasteiger partial charge in [-0.15, -0.1) is 5.11 Å². The molecule has 0 atom stereocenters. The van der Waals surface area contributed by atoms with Gasteiger partial charge in [0.15, 0.2) is 0 Å². The van der Waals surface area contributed by atoms with Gasteiger partial charge in [-0.2, -0.15) is 5.11 Å². The third kappa shape index (κ3) is 4.09. The third-order valence-electron chi connectivity index (χ3n) is 4.45. The Morgan fingerprint density at radius 3 is 2.11 bits per heavy atom. The minimum Gasteiger partial charge on any atom is -0.507 e. The molecule has 5 heteroatoms. The number of hydrogen-bond acceptors (Lipinski definition) is 4. The maximum Gasteiger partial charge on any atom is 0.339 e. The van der Waals surface area contributed by atoms with Gasteiger partial charge in [0.1, 0.15) is 11.3 Å². The number of rotatable bonds is 4. The van der Waals surface area contributed by atoms with E-state index in [1.807, 2.05) is 19.9 Å². The monoisotopic (exact) mass is 374 g/mol. The van der Waals surface area contributed by atoms with Crippen LogP contribution in [0.3, 0.4) is 0 Å². The first-order chi connectivity index (χ1) is 13.2. The molecule has 3 rings (SSSR count). The molecular formula is C23H22N2O3. The maximum absolute atomic E-state index is 11.2. The van der Waals surface area contributed by atoms with Crippen molar-refractivity contribution in [2.24, 2.45) is 10.2 Å². The number of hydrogen-bond donors (Lipinski definition) is 2. The van der Waals surface area contributed by atoms with Gasteiger partial charge in [-0.05, 0) is 63.1 Å². The molecule has 142 valence electrons. The van der Waals surface area contributed by atoms with Crippen LogP contribution < -0.4 is 0 Å². The van der Waals surface area contributed by atoms with E-state index in [9.17, 15) is 9.90 Å². The Hall–Kier alpha value is -3.47. The van der Waals surface area contributed by atoms with Crippen molar-refractivity contribution in [1.82, 2.24) is 0 Å². The lowest BCUT2D eigenvalue weighted by atomic mass is 9.95. The fourth-order valence-electron chi connectivity index (χ4n) is 3.31. The molecule has 0 bridgehead atoms. The van der Waals surface area contributed by atoms with Gasteiger partial charge in [-0.25, -0.2) is 4.79 Å². The zero-order valence-electron chi connectivity index (χ0n) is 16.3. The van der Waals surface area contributed by atoms with Gasteiger partial charge in [0.05, 0.1) is 11.4 Å². The molecule has 0 amide bonds. The highest BCUT2D eigenvalue weighted by atomic mass is 16.4. The van der Waals surface area contributed by atoms with Gasteiger partial charge in [0.2, 0.25) is 0 Å². The van der Waals surface area contributed by atoms with Crippen molar-refractivity contribution in [2.45, 2.75) is 27.7 Å². The van der Waals surface area contributed by atoms with Crippen LogP contribution in [0.4, 0.5) is 11.4 Å². The summed E-state index contributed by atoms with van der Waals surface area (Å²) in [6.07, 6.45) is 0. The Labute approximate surface area is 164 Å². The second kappa shape index (κ2) is 7.64. The zero-order chi connectivity index (χ0) is 20.4. The molecule has 0 saturated heterocycles. The fraction of sp³-hybridized carbons (Fsp3) is 0.174. The lowest BCUT2D eigenvalue weighted by molar-refractivity contribution is 0.0694. The van der Waals surface area contributed by atoms with E-state index in [1.54, 1.807) is 0 Å². The predicted molar refractivity (Wildman–Crippen MR) is 110 cm³/mol. The Kier molecular flexibility index (Phi) is 5.27. The van der Waals surface area contributed by atoms with E-state index in [0.29, 0.717) is 5.69 Å². The number of carbonyl (C=O) groups is 1. The number of aromatic hydroxyl groups is 1. The molecular weight excluding hydrogens is 352 g/mol. The molecule has 0 spiro atoms. The topological polar surface area (TPSA) is 82.2 Å². The van der Waals surface area contributed by atoms with Crippen LogP contribution in [0.15, 0.2) is 58.8 Å². The smallest absolute Gasteiger partial charge is 0.339 e. The van der Waals surface area contributed by atoms with Crippen molar-refractivity contribution in [3.05, 3.63) is 76.3 Å². The second-order valence-electron chi connectivity index (χ2n) is 7.06. The summed E-state index contributed by atoms with van der Waals surface area (Å²) in [4.78, 5) is 11.2. The van der Waals surface area contributed by atoms with E-state index in [-0.39, 0.29) is 11.3 Å². The van der Waals surface area contributed by atoms with E-state index in [0.717, 1.165) is 27.9 Å². The average Bonchev–Trinajstić information content (AvgIpc) is 2.60. The number of carboxylic acid groups (broad SMARTS) is 1. The number of aryl methyl sites for hydroxylation is 4. The largest absolute Gasteiger partial charge is 0.507 e. The summed E-state index contributed by atoms with van der Waals surface area (Å²) in [5, 5.41) is 27.5. The van der Waals surface area contributed by atoms with Gasteiger partial charge in [-0.3, -0.25) is 0 Å². The zero-order valence-corrected chi connectivity index (χ0v) is 16.3. The van der Waals surface area contributed by atoms with E-state index >= 15 is 0 Å². The summed E-state index contributed by atoms with van der Waals surface area (Å²) in [5.74, 6) is -1.51. The van der Waals surface area contributed by atoms with E-state index in [2.05, 4.69) is 48.3 Å². The minimum absolute atomic E-state index is 0.202. The number of nitrogens with zero attached hydrogens (tertiary/aromatic N) is 2.